The molecule has 6 heteroatoms. The van der Waals surface area contributed by atoms with Crippen molar-refractivity contribution in [1.29, 1.82) is 0 Å². The second kappa shape index (κ2) is 9.57. The van der Waals surface area contributed by atoms with E-state index < -0.39 is 0 Å². The molecule has 1 aromatic rings. The summed E-state index contributed by atoms with van der Waals surface area (Å²) in [6, 6.07) is 7.75. The number of hydrogen-bond acceptors (Lipinski definition) is 4. The standard InChI is InChI=1S/C20H31N3O3/c1-5-15(3)17-9-7-8-10-18(17)21-19(24)16(4)22-11-13-23(14-12-22)20(25)26-6-2/h7-10,15-16H,5-6,11-14H2,1-4H3,(H,21,24). The molecule has 26 heavy (non-hydrogen) atoms. The lowest BCUT2D eigenvalue weighted by molar-refractivity contribution is -0.121. The Morgan fingerprint density at radius 2 is 1.77 bits per heavy atom. The Labute approximate surface area is 156 Å². The molecule has 1 aliphatic heterocycles. The van der Waals surface area contributed by atoms with Crippen LogP contribution in [0.15, 0.2) is 24.3 Å². The molecule has 144 valence electrons. The maximum Gasteiger partial charge on any atom is 0.409 e. The maximum absolute atomic E-state index is 12.7. The molecule has 1 aromatic carbocycles. The molecule has 0 spiro atoms. The van der Waals surface area contributed by atoms with Gasteiger partial charge in [0.25, 0.3) is 0 Å². The lowest BCUT2D eigenvalue weighted by atomic mass is 9.97. The van der Waals surface area contributed by atoms with Crippen LogP contribution in [0.4, 0.5) is 10.5 Å². The molecule has 0 aromatic heterocycles. The zero-order valence-corrected chi connectivity index (χ0v) is 16.3. The first-order valence-corrected chi connectivity index (χ1v) is 9.53. The highest BCUT2D eigenvalue weighted by Gasteiger charge is 2.28. The Balaban J connectivity index is 1.94. The first-order chi connectivity index (χ1) is 12.5. The second-order valence-electron chi connectivity index (χ2n) is 6.78. The Kier molecular flexibility index (Phi) is 7.45. The number of ether oxygens (including phenoxy) is 1. The van der Waals surface area contributed by atoms with Crippen molar-refractivity contribution in [1.82, 2.24) is 9.80 Å². The van der Waals surface area contributed by atoms with Gasteiger partial charge >= 0.3 is 6.09 Å². The first-order valence-electron chi connectivity index (χ1n) is 9.53. The van der Waals surface area contributed by atoms with Crippen LogP contribution in [0, 0.1) is 0 Å². The minimum atomic E-state index is -0.272. The van der Waals surface area contributed by atoms with E-state index >= 15 is 0 Å². The van der Waals surface area contributed by atoms with Crippen LogP contribution in [0.3, 0.4) is 0 Å². The number of amides is 2. The van der Waals surface area contributed by atoms with Gasteiger partial charge in [-0.05, 0) is 37.8 Å². The molecule has 1 fully saturated rings. The molecule has 2 unspecified atom stereocenters. The van der Waals surface area contributed by atoms with Gasteiger partial charge in [-0.3, -0.25) is 9.69 Å². The average molecular weight is 361 g/mol. The summed E-state index contributed by atoms with van der Waals surface area (Å²) < 4.78 is 5.04. The summed E-state index contributed by atoms with van der Waals surface area (Å²) in [5.74, 6) is 0.389. The zero-order chi connectivity index (χ0) is 19.1. The van der Waals surface area contributed by atoms with Crippen LogP contribution >= 0.6 is 0 Å². The lowest BCUT2D eigenvalue weighted by Gasteiger charge is -2.36. The van der Waals surface area contributed by atoms with E-state index in [2.05, 4.69) is 30.1 Å². The fourth-order valence-corrected chi connectivity index (χ4v) is 3.17. The number of rotatable bonds is 6. The van der Waals surface area contributed by atoms with Crippen molar-refractivity contribution in [3.8, 4) is 0 Å². The van der Waals surface area contributed by atoms with Crippen molar-refractivity contribution >= 4 is 17.7 Å². The number of piperazine rings is 1. The van der Waals surface area contributed by atoms with E-state index in [-0.39, 0.29) is 18.0 Å². The van der Waals surface area contributed by atoms with Gasteiger partial charge in [0.05, 0.1) is 12.6 Å². The Hall–Kier alpha value is -2.08. The van der Waals surface area contributed by atoms with Gasteiger partial charge in [-0.25, -0.2) is 4.79 Å². The summed E-state index contributed by atoms with van der Waals surface area (Å²) in [5.41, 5.74) is 2.06. The van der Waals surface area contributed by atoms with Crippen LogP contribution in [-0.2, 0) is 9.53 Å². The molecule has 1 N–H and O–H groups in total. The SMILES string of the molecule is CCOC(=O)N1CCN(C(C)C(=O)Nc2ccccc2C(C)CC)CC1. The van der Waals surface area contributed by atoms with Crippen molar-refractivity contribution in [2.45, 2.75) is 46.1 Å². The fourth-order valence-electron chi connectivity index (χ4n) is 3.17. The normalized spacial score (nSPS) is 17.5. The van der Waals surface area contributed by atoms with Gasteiger partial charge in [-0.1, -0.05) is 32.0 Å². The molecule has 1 saturated heterocycles. The van der Waals surface area contributed by atoms with Crippen molar-refractivity contribution in [2.24, 2.45) is 0 Å². The number of nitrogens with zero attached hydrogens (tertiary/aromatic N) is 2. The Morgan fingerprint density at radius 3 is 2.38 bits per heavy atom. The molecule has 0 radical (unpaired) electrons. The molecule has 6 nitrogen and oxygen atoms in total. The second-order valence-corrected chi connectivity index (χ2v) is 6.78. The van der Waals surface area contributed by atoms with Crippen molar-refractivity contribution in [2.75, 3.05) is 38.1 Å². The first kappa shape index (κ1) is 20.2. The fraction of sp³-hybridized carbons (Fsp3) is 0.600. The summed E-state index contributed by atoms with van der Waals surface area (Å²) in [6.45, 7) is 10.9. The minimum absolute atomic E-state index is 0.00895. The van der Waals surface area contributed by atoms with Crippen LogP contribution in [0.25, 0.3) is 0 Å². The molecule has 0 saturated carbocycles. The van der Waals surface area contributed by atoms with Crippen molar-refractivity contribution < 1.29 is 14.3 Å². The van der Waals surface area contributed by atoms with Crippen molar-refractivity contribution in [3.63, 3.8) is 0 Å². The Morgan fingerprint density at radius 1 is 1.12 bits per heavy atom. The molecular weight excluding hydrogens is 330 g/mol. The predicted molar refractivity (Wildman–Crippen MR) is 103 cm³/mol. The smallest absolute Gasteiger partial charge is 0.409 e. The summed E-state index contributed by atoms with van der Waals surface area (Å²) >= 11 is 0. The van der Waals surface area contributed by atoms with Gasteiger partial charge in [-0.2, -0.15) is 0 Å². The van der Waals surface area contributed by atoms with Gasteiger partial charge < -0.3 is 15.0 Å². The van der Waals surface area contributed by atoms with E-state index in [1.165, 1.54) is 5.56 Å². The molecule has 2 atom stereocenters. The third-order valence-corrected chi connectivity index (χ3v) is 5.13. The molecule has 0 aliphatic carbocycles. The number of hydrogen-bond donors (Lipinski definition) is 1. The largest absolute Gasteiger partial charge is 0.450 e. The number of carbonyl (C=O) groups is 2. The molecule has 2 amide bonds. The third-order valence-electron chi connectivity index (χ3n) is 5.13. The summed E-state index contributed by atoms with van der Waals surface area (Å²) in [4.78, 5) is 28.3. The zero-order valence-electron chi connectivity index (χ0n) is 16.3. The maximum atomic E-state index is 12.7. The topological polar surface area (TPSA) is 61.9 Å². The number of anilines is 1. The molecule has 1 aliphatic rings. The van der Waals surface area contributed by atoms with Gasteiger partial charge in [0, 0.05) is 31.9 Å². The monoisotopic (exact) mass is 361 g/mol. The molecule has 1 heterocycles. The number of nitrogens with one attached hydrogen (secondary N) is 1. The summed E-state index contributed by atoms with van der Waals surface area (Å²) in [5, 5.41) is 3.09. The quantitative estimate of drug-likeness (QED) is 0.844. The molecule has 2 rings (SSSR count). The third kappa shape index (κ3) is 4.97. The highest BCUT2D eigenvalue weighted by molar-refractivity contribution is 5.95. The highest BCUT2D eigenvalue weighted by atomic mass is 16.6. The van der Waals surface area contributed by atoms with Gasteiger partial charge in [0.15, 0.2) is 0 Å². The van der Waals surface area contributed by atoms with E-state index in [1.54, 1.807) is 11.8 Å². The van der Waals surface area contributed by atoms with Gasteiger partial charge in [0.1, 0.15) is 0 Å². The van der Waals surface area contributed by atoms with E-state index in [4.69, 9.17) is 4.74 Å². The summed E-state index contributed by atoms with van der Waals surface area (Å²) in [7, 11) is 0. The van der Waals surface area contributed by atoms with Crippen LogP contribution < -0.4 is 5.32 Å². The average Bonchev–Trinajstić information content (AvgIpc) is 2.67. The molecule has 0 bridgehead atoms. The van der Waals surface area contributed by atoms with Gasteiger partial charge in [0.2, 0.25) is 5.91 Å². The number of para-hydroxylation sites is 1. The van der Waals surface area contributed by atoms with Crippen LogP contribution in [-0.4, -0.2) is 60.6 Å². The van der Waals surface area contributed by atoms with Crippen molar-refractivity contribution in [3.05, 3.63) is 29.8 Å². The predicted octanol–water partition coefficient (Wildman–Crippen LogP) is 3.30. The molecular formula is C20H31N3O3. The lowest BCUT2D eigenvalue weighted by Crippen LogP contribution is -2.54. The number of carbonyl (C=O) groups excluding carboxylic acids is 2. The van der Waals surface area contributed by atoms with Crippen LogP contribution in [0.1, 0.15) is 45.6 Å². The van der Waals surface area contributed by atoms with E-state index in [1.807, 2.05) is 25.1 Å². The summed E-state index contributed by atoms with van der Waals surface area (Å²) in [6.07, 6.45) is 0.755. The van der Waals surface area contributed by atoms with Crippen LogP contribution in [0.5, 0.6) is 0 Å². The van der Waals surface area contributed by atoms with E-state index in [9.17, 15) is 9.59 Å². The Bertz CT molecular complexity index is 612. The van der Waals surface area contributed by atoms with E-state index in [0.29, 0.717) is 38.7 Å². The minimum Gasteiger partial charge on any atom is -0.450 e. The highest BCUT2D eigenvalue weighted by Crippen LogP contribution is 2.26. The number of benzene rings is 1. The van der Waals surface area contributed by atoms with E-state index in [0.717, 1.165) is 12.1 Å². The van der Waals surface area contributed by atoms with Crippen LogP contribution in [0.2, 0.25) is 0 Å². The van der Waals surface area contributed by atoms with Gasteiger partial charge in [-0.15, -0.1) is 0 Å².